The standard InChI is InChI=1S/C14H11Cl3N2S/c1-8-2-3-10(16)7-13(8)19-14(20)18-12-5-4-9(15)6-11(12)17/h2-7H,1H3,(H2,18,19,20). The fraction of sp³-hybridized carbons (Fsp3) is 0.0714. The molecule has 0 spiro atoms. The Kier molecular flexibility index (Phi) is 5.11. The lowest BCUT2D eigenvalue weighted by Crippen LogP contribution is -2.19. The van der Waals surface area contributed by atoms with E-state index in [1.165, 1.54) is 0 Å². The van der Waals surface area contributed by atoms with Crippen LogP contribution in [0.4, 0.5) is 11.4 Å². The molecule has 0 radical (unpaired) electrons. The molecule has 2 aromatic carbocycles. The van der Waals surface area contributed by atoms with Crippen molar-refractivity contribution in [1.29, 1.82) is 0 Å². The summed E-state index contributed by atoms with van der Waals surface area (Å²) in [4.78, 5) is 0. The third-order valence-corrected chi connectivity index (χ3v) is 3.61. The van der Waals surface area contributed by atoms with Crippen LogP contribution in [0.15, 0.2) is 36.4 Å². The summed E-state index contributed by atoms with van der Waals surface area (Å²) in [5, 5.41) is 8.26. The summed E-state index contributed by atoms with van der Waals surface area (Å²) in [6.07, 6.45) is 0. The van der Waals surface area contributed by atoms with Gasteiger partial charge in [-0.25, -0.2) is 0 Å². The Morgan fingerprint density at radius 2 is 1.50 bits per heavy atom. The molecular formula is C14H11Cl3N2S. The van der Waals surface area contributed by atoms with Crippen molar-refractivity contribution in [3.63, 3.8) is 0 Å². The maximum atomic E-state index is 6.08. The second-order valence-corrected chi connectivity index (χ2v) is 5.85. The van der Waals surface area contributed by atoms with Gasteiger partial charge in [0.1, 0.15) is 0 Å². The van der Waals surface area contributed by atoms with Crippen molar-refractivity contribution >= 4 is 63.5 Å². The van der Waals surface area contributed by atoms with E-state index in [-0.39, 0.29) is 0 Å². The summed E-state index contributed by atoms with van der Waals surface area (Å²) >= 11 is 23.1. The average molecular weight is 346 g/mol. The maximum Gasteiger partial charge on any atom is 0.175 e. The number of hydrogen-bond donors (Lipinski definition) is 2. The molecule has 0 saturated carbocycles. The minimum Gasteiger partial charge on any atom is -0.332 e. The second-order valence-electron chi connectivity index (χ2n) is 4.16. The lowest BCUT2D eigenvalue weighted by molar-refractivity contribution is 1.45. The molecular weight excluding hydrogens is 335 g/mol. The highest BCUT2D eigenvalue weighted by atomic mass is 35.5. The van der Waals surface area contributed by atoms with Gasteiger partial charge in [-0.3, -0.25) is 0 Å². The molecule has 2 N–H and O–H groups in total. The van der Waals surface area contributed by atoms with Gasteiger partial charge in [0.05, 0.1) is 10.7 Å². The van der Waals surface area contributed by atoms with Crippen LogP contribution in [0.2, 0.25) is 15.1 Å². The summed E-state index contributed by atoms with van der Waals surface area (Å²) in [5.74, 6) is 0. The van der Waals surface area contributed by atoms with Crippen molar-refractivity contribution in [1.82, 2.24) is 0 Å². The first-order valence-electron chi connectivity index (χ1n) is 5.75. The lowest BCUT2D eigenvalue weighted by atomic mass is 10.2. The van der Waals surface area contributed by atoms with Crippen LogP contribution in [0, 0.1) is 6.92 Å². The van der Waals surface area contributed by atoms with Gasteiger partial charge in [0, 0.05) is 15.7 Å². The molecule has 0 unspecified atom stereocenters. The highest BCUT2D eigenvalue weighted by Crippen LogP contribution is 2.26. The molecule has 0 saturated heterocycles. The van der Waals surface area contributed by atoms with Crippen LogP contribution >= 0.6 is 47.0 Å². The first kappa shape index (κ1) is 15.4. The van der Waals surface area contributed by atoms with Gasteiger partial charge in [-0.15, -0.1) is 0 Å². The summed E-state index contributed by atoms with van der Waals surface area (Å²) < 4.78 is 0. The van der Waals surface area contributed by atoms with Crippen LogP contribution in [0.3, 0.4) is 0 Å². The fourth-order valence-corrected chi connectivity index (χ4v) is 2.44. The van der Waals surface area contributed by atoms with Crippen LogP contribution in [-0.4, -0.2) is 5.11 Å². The van der Waals surface area contributed by atoms with Crippen LogP contribution in [0.1, 0.15) is 5.56 Å². The van der Waals surface area contributed by atoms with E-state index in [0.717, 1.165) is 11.3 Å². The topological polar surface area (TPSA) is 24.1 Å². The molecule has 0 bridgehead atoms. The Morgan fingerprint density at radius 1 is 0.900 bits per heavy atom. The Bertz CT molecular complexity index is 659. The number of anilines is 2. The molecule has 0 atom stereocenters. The van der Waals surface area contributed by atoms with Crippen molar-refractivity contribution in [2.45, 2.75) is 6.92 Å². The molecule has 6 heteroatoms. The molecule has 0 fully saturated rings. The second kappa shape index (κ2) is 6.64. The van der Waals surface area contributed by atoms with E-state index in [9.17, 15) is 0 Å². The normalized spacial score (nSPS) is 10.2. The SMILES string of the molecule is Cc1ccc(Cl)cc1NC(=S)Nc1ccc(Cl)cc1Cl. The number of benzene rings is 2. The van der Waals surface area contributed by atoms with Gasteiger partial charge in [0.25, 0.3) is 0 Å². The van der Waals surface area contributed by atoms with E-state index < -0.39 is 0 Å². The first-order valence-corrected chi connectivity index (χ1v) is 7.29. The molecule has 0 aliphatic carbocycles. The zero-order valence-corrected chi connectivity index (χ0v) is 13.6. The molecule has 104 valence electrons. The van der Waals surface area contributed by atoms with Crippen LogP contribution < -0.4 is 10.6 Å². The van der Waals surface area contributed by atoms with Crippen LogP contribution in [-0.2, 0) is 0 Å². The van der Waals surface area contributed by atoms with E-state index in [2.05, 4.69) is 10.6 Å². The predicted octanol–water partition coefficient (Wildman–Crippen LogP) is 5.76. The molecule has 20 heavy (non-hydrogen) atoms. The van der Waals surface area contributed by atoms with Crippen LogP contribution in [0.25, 0.3) is 0 Å². The number of thiocarbonyl (C=S) groups is 1. The Hall–Kier alpha value is -1.000. The minimum atomic E-state index is 0.430. The van der Waals surface area contributed by atoms with Gasteiger partial charge >= 0.3 is 0 Å². The first-order chi connectivity index (χ1) is 9.45. The van der Waals surface area contributed by atoms with E-state index >= 15 is 0 Å². The van der Waals surface area contributed by atoms with Crippen molar-refractivity contribution in [3.8, 4) is 0 Å². The predicted molar refractivity (Wildman–Crippen MR) is 92.5 cm³/mol. The monoisotopic (exact) mass is 344 g/mol. The maximum absolute atomic E-state index is 6.08. The minimum absolute atomic E-state index is 0.430. The quantitative estimate of drug-likeness (QED) is 0.676. The molecule has 2 rings (SSSR count). The Labute approximate surface area is 138 Å². The summed E-state index contributed by atoms with van der Waals surface area (Å²) in [7, 11) is 0. The van der Waals surface area contributed by atoms with Gasteiger partial charge < -0.3 is 10.6 Å². The zero-order valence-electron chi connectivity index (χ0n) is 10.5. The molecule has 0 aliphatic heterocycles. The Morgan fingerprint density at radius 3 is 2.20 bits per heavy atom. The molecule has 0 aromatic heterocycles. The van der Waals surface area contributed by atoms with Gasteiger partial charge in [-0.2, -0.15) is 0 Å². The van der Waals surface area contributed by atoms with Crippen molar-refractivity contribution < 1.29 is 0 Å². The molecule has 2 aromatic rings. The highest BCUT2D eigenvalue weighted by molar-refractivity contribution is 7.80. The number of rotatable bonds is 2. The third-order valence-electron chi connectivity index (χ3n) is 2.63. The van der Waals surface area contributed by atoms with Crippen molar-refractivity contribution in [2.75, 3.05) is 10.6 Å². The number of nitrogens with one attached hydrogen (secondary N) is 2. The lowest BCUT2D eigenvalue weighted by Gasteiger charge is -2.13. The van der Waals surface area contributed by atoms with Gasteiger partial charge in [-0.05, 0) is 55.0 Å². The third kappa shape index (κ3) is 4.00. The Balaban J connectivity index is 2.11. The molecule has 0 heterocycles. The van der Waals surface area contributed by atoms with E-state index in [1.807, 2.05) is 25.1 Å². The van der Waals surface area contributed by atoms with Crippen LogP contribution in [0.5, 0.6) is 0 Å². The number of aryl methyl sites for hydroxylation is 1. The molecule has 2 nitrogen and oxygen atoms in total. The van der Waals surface area contributed by atoms with Gasteiger partial charge in [-0.1, -0.05) is 40.9 Å². The van der Waals surface area contributed by atoms with Crippen molar-refractivity contribution in [3.05, 3.63) is 57.0 Å². The summed E-state index contributed by atoms with van der Waals surface area (Å²) in [6, 6.07) is 10.7. The van der Waals surface area contributed by atoms with Gasteiger partial charge in [0.15, 0.2) is 5.11 Å². The van der Waals surface area contributed by atoms with E-state index in [4.69, 9.17) is 47.0 Å². The number of halogens is 3. The average Bonchev–Trinajstić information content (AvgIpc) is 2.37. The molecule has 0 amide bonds. The summed E-state index contributed by atoms with van der Waals surface area (Å²) in [5.41, 5.74) is 2.58. The fourth-order valence-electron chi connectivity index (χ4n) is 1.60. The summed E-state index contributed by atoms with van der Waals surface area (Å²) in [6.45, 7) is 1.97. The number of hydrogen-bond acceptors (Lipinski definition) is 1. The smallest absolute Gasteiger partial charge is 0.175 e. The van der Waals surface area contributed by atoms with E-state index in [1.54, 1.807) is 18.2 Å². The largest absolute Gasteiger partial charge is 0.332 e. The van der Waals surface area contributed by atoms with Gasteiger partial charge in [0.2, 0.25) is 0 Å². The molecule has 0 aliphatic rings. The van der Waals surface area contributed by atoms with E-state index in [0.29, 0.717) is 25.9 Å². The van der Waals surface area contributed by atoms with Crippen molar-refractivity contribution in [2.24, 2.45) is 0 Å². The highest BCUT2D eigenvalue weighted by Gasteiger charge is 2.05. The zero-order chi connectivity index (χ0) is 14.7.